The normalized spacial score (nSPS) is 16.4. The maximum Gasteiger partial charge on any atom is 0.253 e. The number of halogens is 2. The fraction of sp³-hybridized carbons (Fsp3) is 0.280. The maximum atomic E-state index is 14.7. The summed E-state index contributed by atoms with van der Waals surface area (Å²) in [6, 6.07) is 12.3. The van der Waals surface area contributed by atoms with E-state index < -0.39 is 17.2 Å². The number of amides is 1. The smallest absolute Gasteiger partial charge is 0.253 e. The second-order valence-electron chi connectivity index (χ2n) is 8.73. The van der Waals surface area contributed by atoms with Gasteiger partial charge < -0.3 is 10.0 Å². The molecule has 1 aliphatic heterocycles. The molecule has 3 heterocycles. The zero-order chi connectivity index (χ0) is 24.4. The van der Waals surface area contributed by atoms with Crippen molar-refractivity contribution in [3.8, 4) is 0 Å². The minimum atomic E-state index is -1.68. The molecule has 0 spiro atoms. The van der Waals surface area contributed by atoms with Crippen LogP contribution in [0, 0.1) is 11.6 Å². The van der Waals surface area contributed by atoms with Crippen molar-refractivity contribution in [3.63, 3.8) is 0 Å². The van der Waals surface area contributed by atoms with Crippen molar-refractivity contribution in [3.05, 3.63) is 90.1 Å². The molecule has 1 N–H and O–H groups in total. The van der Waals surface area contributed by atoms with Crippen LogP contribution in [0.4, 0.5) is 8.78 Å². The first-order valence-electron chi connectivity index (χ1n) is 11.3. The van der Waals surface area contributed by atoms with Gasteiger partial charge in [-0.2, -0.15) is 5.10 Å². The van der Waals surface area contributed by atoms with Crippen molar-refractivity contribution in [2.24, 2.45) is 0 Å². The van der Waals surface area contributed by atoms with Gasteiger partial charge in [0.25, 0.3) is 5.91 Å². The molecule has 2 aromatic carbocycles. The molecule has 5 rings (SSSR count). The van der Waals surface area contributed by atoms with Gasteiger partial charge in [-0.25, -0.2) is 18.4 Å². The molecule has 4 aromatic rings. The highest BCUT2D eigenvalue weighted by molar-refractivity contribution is 5.98. The third kappa shape index (κ3) is 4.89. The Morgan fingerprint density at radius 1 is 1.03 bits per heavy atom. The first-order chi connectivity index (χ1) is 16.9. The highest BCUT2D eigenvalue weighted by atomic mass is 19.1. The monoisotopic (exact) mass is 478 g/mol. The van der Waals surface area contributed by atoms with Gasteiger partial charge in [0.2, 0.25) is 0 Å². The van der Waals surface area contributed by atoms with Crippen LogP contribution in [-0.4, -0.2) is 73.3 Å². The number of rotatable bonds is 6. The van der Waals surface area contributed by atoms with Crippen LogP contribution >= 0.6 is 0 Å². The molecule has 35 heavy (non-hydrogen) atoms. The van der Waals surface area contributed by atoms with Gasteiger partial charge in [-0.3, -0.25) is 14.7 Å². The van der Waals surface area contributed by atoms with E-state index >= 15 is 0 Å². The summed E-state index contributed by atoms with van der Waals surface area (Å²) < 4.78 is 29.6. The number of nitrogens with zero attached hydrogens (tertiary/aromatic N) is 6. The molecular formula is C25H24F2N6O2. The second-order valence-corrected chi connectivity index (χ2v) is 8.73. The average Bonchev–Trinajstić information content (AvgIpc) is 3.36. The fourth-order valence-electron chi connectivity index (χ4n) is 4.54. The first-order valence-corrected chi connectivity index (χ1v) is 11.3. The van der Waals surface area contributed by atoms with Gasteiger partial charge in [-0.05, 0) is 30.3 Å². The average molecular weight is 479 g/mol. The largest absolute Gasteiger partial charge is 0.382 e. The predicted octanol–water partition coefficient (Wildman–Crippen LogP) is 2.45. The Balaban J connectivity index is 1.30. The molecule has 10 heteroatoms. The SMILES string of the molecule is O=C(c1ccc2ncccc2c1)N1CCN(CC(O)(Cn2cncn2)c2ccc(F)cc2F)CC1. The molecule has 1 unspecified atom stereocenters. The lowest BCUT2D eigenvalue weighted by atomic mass is 9.92. The van der Waals surface area contributed by atoms with E-state index in [1.54, 1.807) is 17.2 Å². The summed E-state index contributed by atoms with van der Waals surface area (Å²) in [5.41, 5.74) is -0.274. The molecular weight excluding hydrogens is 454 g/mol. The molecule has 0 bridgehead atoms. The van der Waals surface area contributed by atoms with E-state index in [2.05, 4.69) is 15.1 Å². The van der Waals surface area contributed by atoms with Crippen LogP contribution in [0.2, 0.25) is 0 Å². The zero-order valence-corrected chi connectivity index (χ0v) is 18.9. The van der Waals surface area contributed by atoms with E-state index in [1.165, 1.54) is 23.4 Å². The van der Waals surface area contributed by atoms with Crippen molar-refractivity contribution < 1.29 is 18.7 Å². The number of carbonyl (C=O) groups is 1. The summed E-state index contributed by atoms with van der Waals surface area (Å²) in [4.78, 5) is 25.0. The van der Waals surface area contributed by atoms with E-state index in [4.69, 9.17) is 0 Å². The molecule has 1 atom stereocenters. The van der Waals surface area contributed by atoms with Gasteiger partial charge in [0.15, 0.2) is 0 Å². The van der Waals surface area contributed by atoms with E-state index in [-0.39, 0.29) is 24.6 Å². The third-order valence-electron chi connectivity index (χ3n) is 6.32. The summed E-state index contributed by atoms with van der Waals surface area (Å²) in [5.74, 6) is -1.61. The Bertz CT molecular complexity index is 1340. The fourth-order valence-corrected chi connectivity index (χ4v) is 4.54. The molecule has 2 aromatic heterocycles. The Kier molecular flexibility index (Phi) is 6.23. The molecule has 8 nitrogen and oxygen atoms in total. The standard InChI is InChI=1S/C25H24F2N6O2/c26-20-4-5-21(22(27)13-20)25(35,15-33-17-28-16-30-33)14-31-8-10-32(11-9-31)24(34)19-3-6-23-18(12-19)2-1-7-29-23/h1-7,12-13,16-17,35H,8-11,14-15H2. The van der Waals surface area contributed by atoms with Crippen molar-refractivity contribution in [2.45, 2.75) is 12.1 Å². The lowest BCUT2D eigenvalue weighted by molar-refractivity contribution is -0.0302. The molecule has 1 amide bonds. The number of benzene rings is 2. The number of fused-ring (bicyclic) bond motifs is 1. The highest BCUT2D eigenvalue weighted by Crippen LogP contribution is 2.28. The van der Waals surface area contributed by atoms with Gasteiger partial charge in [-0.15, -0.1) is 0 Å². The number of β-amino-alcohol motifs (C(OH)–C–C–N with tert-alkyl or cyclic N) is 1. The lowest BCUT2D eigenvalue weighted by Crippen LogP contribution is -2.53. The van der Waals surface area contributed by atoms with Gasteiger partial charge in [-0.1, -0.05) is 12.1 Å². The van der Waals surface area contributed by atoms with Gasteiger partial charge in [0.05, 0.1) is 12.1 Å². The van der Waals surface area contributed by atoms with E-state index in [1.807, 2.05) is 29.2 Å². The van der Waals surface area contributed by atoms with Crippen LogP contribution in [0.25, 0.3) is 10.9 Å². The Hall–Kier alpha value is -3.76. The number of carbonyl (C=O) groups excluding carboxylic acids is 1. The van der Waals surface area contributed by atoms with Crippen molar-refractivity contribution in [1.82, 2.24) is 29.5 Å². The quantitative estimate of drug-likeness (QED) is 0.458. The summed E-state index contributed by atoms with van der Waals surface area (Å²) in [6.45, 7) is 1.91. The number of pyridine rings is 1. The summed E-state index contributed by atoms with van der Waals surface area (Å²) in [6.07, 6.45) is 4.47. The minimum Gasteiger partial charge on any atom is -0.382 e. The number of aromatic nitrogens is 4. The highest BCUT2D eigenvalue weighted by Gasteiger charge is 2.37. The van der Waals surface area contributed by atoms with Gasteiger partial charge in [0.1, 0.15) is 29.9 Å². The molecule has 180 valence electrons. The van der Waals surface area contributed by atoms with Crippen LogP contribution < -0.4 is 0 Å². The molecule has 1 saturated heterocycles. The van der Waals surface area contributed by atoms with Gasteiger partial charge >= 0.3 is 0 Å². The molecule has 0 aliphatic carbocycles. The second kappa shape index (κ2) is 9.47. The van der Waals surface area contributed by atoms with Crippen molar-refractivity contribution in [1.29, 1.82) is 0 Å². The maximum absolute atomic E-state index is 14.7. The van der Waals surface area contributed by atoms with Crippen LogP contribution in [-0.2, 0) is 12.1 Å². The topological polar surface area (TPSA) is 87.4 Å². The summed E-state index contributed by atoms with van der Waals surface area (Å²) in [7, 11) is 0. The zero-order valence-electron chi connectivity index (χ0n) is 18.9. The van der Waals surface area contributed by atoms with E-state index in [9.17, 15) is 18.7 Å². The predicted molar refractivity (Wildman–Crippen MR) is 124 cm³/mol. The van der Waals surface area contributed by atoms with Crippen LogP contribution in [0.15, 0.2) is 67.4 Å². The number of piperazine rings is 1. The molecule has 1 fully saturated rings. The number of aliphatic hydroxyl groups is 1. The number of hydrogen-bond donors (Lipinski definition) is 1. The van der Waals surface area contributed by atoms with Crippen LogP contribution in [0.5, 0.6) is 0 Å². The Labute approximate surface area is 200 Å². The molecule has 1 aliphatic rings. The minimum absolute atomic E-state index is 0.0160. The molecule has 0 radical (unpaired) electrons. The van der Waals surface area contributed by atoms with Crippen molar-refractivity contribution >= 4 is 16.8 Å². The van der Waals surface area contributed by atoms with Gasteiger partial charge in [0, 0.05) is 61.5 Å². The summed E-state index contributed by atoms with van der Waals surface area (Å²) >= 11 is 0. The van der Waals surface area contributed by atoms with Crippen LogP contribution in [0.3, 0.4) is 0 Å². The lowest BCUT2D eigenvalue weighted by Gasteiger charge is -2.39. The van der Waals surface area contributed by atoms with Crippen LogP contribution in [0.1, 0.15) is 15.9 Å². The van der Waals surface area contributed by atoms with Crippen molar-refractivity contribution in [2.75, 3.05) is 32.7 Å². The Morgan fingerprint density at radius 3 is 2.60 bits per heavy atom. The van der Waals surface area contributed by atoms with E-state index in [0.717, 1.165) is 23.0 Å². The number of hydrogen-bond acceptors (Lipinski definition) is 6. The first kappa shape index (κ1) is 23.0. The summed E-state index contributed by atoms with van der Waals surface area (Å²) in [5, 5.41) is 16.5. The Morgan fingerprint density at radius 2 is 1.86 bits per heavy atom. The molecule has 0 saturated carbocycles. The van der Waals surface area contributed by atoms with E-state index in [0.29, 0.717) is 31.7 Å². The third-order valence-corrected chi connectivity index (χ3v) is 6.32.